The summed E-state index contributed by atoms with van der Waals surface area (Å²) in [5, 5.41) is 6.63. The van der Waals surface area contributed by atoms with Crippen molar-refractivity contribution < 1.29 is 4.79 Å². The standard InChI is InChI=1S/C16H31N5O/c1-5-9-17-16(18-13-15(22)20(3)4)19-14-7-11-21(10-6-2)12-8-14/h5,14H,1,6-13H2,2-4H3,(H2,17,18,19). The SMILES string of the molecule is C=CCNC(=NCC(=O)N(C)C)NC1CCN(CCC)CC1. The molecule has 0 radical (unpaired) electrons. The van der Waals surface area contributed by atoms with E-state index in [9.17, 15) is 4.79 Å². The topological polar surface area (TPSA) is 60.0 Å². The molecule has 1 amide bonds. The molecule has 1 saturated heterocycles. The molecule has 0 bridgehead atoms. The molecule has 22 heavy (non-hydrogen) atoms. The molecule has 1 rings (SSSR count). The number of carbonyl (C=O) groups excluding carboxylic acids is 1. The van der Waals surface area contributed by atoms with Crippen LogP contribution in [0.15, 0.2) is 17.6 Å². The van der Waals surface area contributed by atoms with Gasteiger partial charge in [0.05, 0.1) is 0 Å². The van der Waals surface area contributed by atoms with Crippen LogP contribution in [0.25, 0.3) is 0 Å². The minimum absolute atomic E-state index is 0.00234. The quantitative estimate of drug-likeness (QED) is 0.412. The number of likely N-dealkylation sites (tertiary alicyclic amines) is 1. The molecule has 0 atom stereocenters. The van der Waals surface area contributed by atoms with Crippen molar-refractivity contribution in [1.82, 2.24) is 20.4 Å². The van der Waals surface area contributed by atoms with Crippen LogP contribution in [0.5, 0.6) is 0 Å². The molecule has 0 aromatic rings. The molecule has 1 aliphatic heterocycles. The summed E-state index contributed by atoms with van der Waals surface area (Å²) in [6.45, 7) is 10.1. The normalized spacial score (nSPS) is 17.1. The predicted octanol–water partition coefficient (Wildman–Crippen LogP) is 0.670. The predicted molar refractivity (Wildman–Crippen MR) is 92.1 cm³/mol. The lowest BCUT2D eigenvalue weighted by Crippen LogP contribution is -2.49. The Morgan fingerprint density at radius 1 is 1.41 bits per heavy atom. The van der Waals surface area contributed by atoms with Crippen LogP contribution >= 0.6 is 0 Å². The largest absolute Gasteiger partial charge is 0.354 e. The molecule has 6 heteroatoms. The van der Waals surface area contributed by atoms with Crippen LogP contribution in [0, 0.1) is 0 Å². The first kappa shape index (κ1) is 18.5. The van der Waals surface area contributed by atoms with Crippen LogP contribution in [0.1, 0.15) is 26.2 Å². The lowest BCUT2D eigenvalue weighted by Gasteiger charge is -2.32. The number of rotatable bonds is 7. The van der Waals surface area contributed by atoms with Gasteiger partial charge in [0.2, 0.25) is 5.91 Å². The van der Waals surface area contributed by atoms with Crippen LogP contribution < -0.4 is 10.6 Å². The number of amides is 1. The van der Waals surface area contributed by atoms with Gasteiger partial charge in [-0.1, -0.05) is 13.0 Å². The molecular weight excluding hydrogens is 278 g/mol. The molecule has 6 nitrogen and oxygen atoms in total. The third-order valence-electron chi connectivity index (χ3n) is 3.75. The molecule has 126 valence electrons. The maximum Gasteiger partial charge on any atom is 0.243 e. The van der Waals surface area contributed by atoms with Gasteiger partial charge in [-0.25, -0.2) is 4.99 Å². The number of hydrogen-bond acceptors (Lipinski definition) is 3. The van der Waals surface area contributed by atoms with Gasteiger partial charge in [0.15, 0.2) is 5.96 Å². The van der Waals surface area contributed by atoms with Gasteiger partial charge in [0, 0.05) is 39.8 Å². The van der Waals surface area contributed by atoms with Gasteiger partial charge in [-0.3, -0.25) is 4.79 Å². The number of likely N-dealkylation sites (N-methyl/N-ethyl adjacent to an activating group) is 1. The average Bonchev–Trinajstić information content (AvgIpc) is 2.51. The summed E-state index contributed by atoms with van der Waals surface area (Å²) in [6, 6.07) is 0.415. The number of piperidine rings is 1. The van der Waals surface area contributed by atoms with Crippen molar-refractivity contribution in [3.8, 4) is 0 Å². The Kier molecular flexibility index (Phi) is 8.58. The molecule has 1 aliphatic rings. The Morgan fingerprint density at radius 3 is 2.64 bits per heavy atom. The first-order chi connectivity index (χ1) is 10.6. The second-order valence-corrected chi connectivity index (χ2v) is 5.88. The van der Waals surface area contributed by atoms with Crippen molar-refractivity contribution in [1.29, 1.82) is 0 Å². The molecule has 0 spiro atoms. The summed E-state index contributed by atoms with van der Waals surface area (Å²) < 4.78 is 0. The highest BCUT2D eigenvalue weighted by Gasteiger charge is 2.19. The molecular formula is C16H31N5O. The van der Waals surface area contributed by atoms with Gasteiger partial charge in [0.25, 0.3) is 0 Å². The lowest BCUT2D eigenvalue weighted by atomic mass is 10.1. The van der Waals surface area contributed by atoms with E-state index in [0.29, 0.717) is 18.5 Å². The smallest absolute Gasteiger partial charge is 0.243 e. The number of nitrogens with one attached hydrogen (secondary N) is 2. The highest BCUT2D eigenvalue weighted by atomic mass is 16.2. The van der Waals surface area contributed by atoms with E-state index < -0.39 is 0 Å². The molecule has 0 aromatic carbocycles. The monoisotopic (exact) mass is 309 g/mol. The van der Waals surface area contributed by atoms with Crippen LogP contribution in [-0.2, 0) is 4.79 Å². The minimum atomic E-state index is -0.00234. The summed E-state index contributed by atoms with van der Waals surface area (Å²) in [4.78, 5) is 20.1. The van der Waals surface area contributed by atoms with E-state index in [1.807, 2.05) is 0 Å². The van der Waals surface area contributed by atoms with Crippen LogP contribution in [0.3, 0.4) is 0 Å². The van der Waals surface area contributed by atoms with E-state index in [4.69, 9.17) is 0 Å². The van der Waals surface area contributed by atoms with Crippen LogP contribution in [0.2, 0.25) is 0 Å². The van der Waals surface area contributed by atoms with Gasteiger partial charge >= 0.3 is 0 Å². The highest BCUT2D eigenvalue weighted by molar-refractivity contribution is 5.85. The average molecular weight is 309 g/mol. The first-order valence-electron chi connectivity index (χ1n) is 8.15. The Morgan fingerprint density at radius 2 is 2.09 bits per heavy atom. The second kappa shape index (κ2) is 10.2. The van der Waals surface area contributed by atoms with E-state index in [1.165, 1.54) is 13.0 Å². The highest BCUT2D eigenvalue weighted by Crippen LogP contribution is 2.10. The minimum Gasteiger partial charge on any atom is -0.354 e. The van der Waals surface area contributed by atoms with Gasteiger partial charge in [-0.05, 0) is 25.8 Å². The molecule has 0 unspecified atom stereocenters. The van der Waals surface area contributed by atoms with Gasteiger partial charge in [0.1, 0.15) is 6.54 Å². The lowest BCUT2D eigenvalue weighted by molar-refractivity contribution is -0.127. The van der Waals surface area contributed by atoms with E-state index in [1.54, 1.807) is 25.1 Å². The molecule has 1 fully saturated rings. The fraction of sp³-hybridized carbons (Fsp3) is 0.750. The van der Waals surface area contributed by atoms with Crippen molar-refractivity contribution in [3.05, 3.63) is 12.7 Å². The second-order valence-electron chi connectivity index (χ2n) is 5.88. The van der Waals surface area contributed by atoms with Crippen molar-refractivity contribution in [2.24, 2.45) is 4.99 Å². The van der Waals surface area contributed by atoms with Crippen molar-refractivity contribution in [2.75, 3.05) is 46.8 Å². The molecule has 0 aromatic heterocycles. The van der Waals surface area contributed by atoms with E-state index >= 15 is 0 Å². The fourth-order valence-electron chi connectivity index (χ4n) is 2.42. The molecule has 2 N–H and O–H groups in total. The number of hydrogen-bond donors (Lipinski definition) is 2. The zero-order chi connectivity index (χ0) is 16.4. The first-order valence-corrected chi connectivity index (χ1v) is 8.15. The maximum absolute atomic E-state index is 11.7. The van der Waals surface area contributed by atoms with Crippen molar-refractivity contribution >= 4 is 11.9 Å². The molecule has 0 aliphatic carbocycles. The van der Waals surface area contributed by atoms with E-state index in [2.05, 4.69) is 34.0 Å². The maximum atomic E-state index is 11.7. The zero-order valence-electron chi connectivity index (χ0n) is 14.3. The third kappa shape index (κ3) is 6.93. The van der Waals surface area contributed by atoms with Crippen LogP contribution in [0.4, 0.5) is 0 Å². The van der Waals surface area contributed by atoms with Crippen molar-refractivity contribution in [2.45, 2.75) is 32.2 Å². The Labute approximate surface area is 134 Å². The summed E-state index contributed by atoms with van der Waals surface area (Å²) in [7, 11) is 3.48. The number of aliphatic imine (C=N–C) groups is 1. The third-order valence-corrected chi connectivity index (χ3v) is 3.75. The molecule has 0 saturated carbocycles. The summed E-state index contributed by atoms with van der Waals surface area (Å²) in [5.41, 5.74) is 0. The summed E-state index contributed by atoms with van der Waals surface area (Å²) in [5.74, 6) is 0.696. The van der Waals surface area contributed by atoms with Gasteiger partial charge < -0.3 is 20.4 Å². The number of guanidine groups is 1. The number of nitrogens with zero attached hydrogens (tertiary/aromatic N) is 3. The Bertz CT molecular complexity index is 373. The zero-order valence-corrected chi connectivity index (χ0v) is 14.3. The van der Waals surface area contributed by atoms with Crippen LogP contribution in [-0.4, -0.2) is 74.5 Å². The summed E-state index contributed by atoms with van der Waals surface area (Å²) in [6.07, 6.45) is 5.21. The van der Waals surface area contributed by atoms with E-state index in [-0.39, 0.29) is 12.5 Å². The summed E-state index contributed by atoms with van der Waals surface area (Å²) >= 11 is 0. The van der Waals surface area contributed by atoms with Crippen molar-refractivity contribution in [3.63, 3.8) is 0 Å². The van der Waals surface area contributed by atoms with E-state index in [0.717, 1.165) is 25.9 Å². The Balaban J connectivity index is 2.49. The Hall–Kier alpha value is -1.56. The van der Waals surface area contributed by atoms with Gasteiger partial charge in [-0.15, -0.1) is 6.58 Å². The number of carbonyl (C=O) groups is 1. The van der Waals surface area contributed by atoms with Gasteiger partial charge in [-0.2, -0.15) is 0 Å². The molecule has 1 heterocycles. The fourth-order valence-corrected chi connectivity index (χ4v) is 2.42.